The number of carbonyl (C=O) groups is 3. The van der Waals surface area contributed by atoms with E-state index >= 15 is 0 Å². The monoisotopic (exact) mass is 532 g/mol. The Morgan fingerprint density at radius 2 is 1.51 bits per heavy atom. The molecule has 2 heterocycles. The standard InChI is InChI=1S/C32H44N4O3/c1-2-3-4-5-6-13-18-30(38)34-23-20-32(21-24-34)31(39)35(26-36(32)28-16-11-8-12-17-28)25-29(37)33-22-19-27-14-9-7-10-15-27/h7-12,14-17H,2-6,13,18-26H2,1H3,(H,33,37). The molecule has 1 N–H and O–H groups in total. The maximum Gasteiger partial charge on any atom is 0.250 e. The highest BCUT2D eigenvalue weighted by Gasteiger charge is 2.54. The van der Waals surface area contributed by atoms with Gasteiger partial charge in [0.2, 0.25) is 11.8 Å². The second-order valence-electron chi connectivity index (χ2n) is 10.9. The Balaban J connectivity index is 1.34. The molecule has 0 saturated carbocycles. The summed E-state index contributed by atoms with van der Waals surface area (Å²) in [6.07, 6.45) is 9.47. The lowest BCUT2D eigenvalue weighted by Crippen LogP contribution is -2.57. The van der Waals surface area contributed by atoms with Gasteiger partial charge in [0.05, 0.1) is 6.67 Å². The minimum atomic E-state index is -0.720. The Bertz CT molecular complexity index is 1070. The highest BCUT2D eigenvalue weighted by molar-refractivity contribution is 5.96. The van der Waals surface area contributed by atoms with Crippen LogP contribution in [0.25, 0.3) is 0 Å². The zero-order valence-corrected chi connectivity index (χ0v) is 23.4. The van der Waals surface area contributed by atoms with Crippen molar-refractivity contribution in [1.29, 1.82) is 0 Å². The number of rotatable bonds is 13. The third-order valence-electron chi connectivity index (χ3n) is 8.18. The van der Waals surface area contributed by atoms with Crippen molar-refractivity contribution in [2.75, 3.05) is 37.7 Å². The first-order valence-corrected chi connectivity index (χ1v) is 14.7. The van der Waals surface area contributed by atoms with Gasteiger partial charge in [0, 0.05) is 31.7 Å². The van der Waals surface area contributed by atoms with Crippen molar-refractivity contribution in [3.63, 3.8) is 0 Å². The molecule has 3 amide bonds. The fourth-order valence-corrected chi connectivity index (χ4v) is 5.88. The van der Waals surface area contributed by atoms with Crippen LogP contribution in [0.1, 0.15) is 70.3 Å². The van der Waals surface area contributed by atoms with Crippen molar-refractivity contribution in [2.24, 2.45) is 0 Å². The van der Waals surface area contributed by atoms with Crippen molar-refractivity contribution in [2.45, 2.75) is 76.7 Å². The molecule has 7 heteroatoms. The van der Waals surface area contributed by atoms with Gasteiger partial charge in [-0.1, -0.05) is 87.6 Å². The maximum absolute atomic E-state index is 13.9. The third kappa shape index (κ3) is 7.40. The van der Waals surface area contributed by atoms with E-state index in [1.807, 2.05) is 65.6 Å². The van der Waals surface area contributed by atoms with Crippen LogP contribution in [-0.2, 0) is 20.8 Å². The summed E-state index contributed by atoms with van der Waals surface area (Å²) < 4.78 is 0. The molecule has 1 spiro atoms. The number of para-hydroxylation sites is 1. The lowest BCUT2D eigenvalue weighted by molar-refractivity contribution is -0.140. The first-order chi connectivity index (χ1) is 19.0. The van der Waals surface area contributed by atoms with Gasteiger partial charge in [0.15, 0.2) is 0 Å². The normalized spacial score (nSPS) is 16.6. The highest BCUT2D eigenvalue weighted by atomic mass is 16.2. The SMILES string of the molecule is CCCCCCCCC(=O)N1CCC2(CC1)C(=O)N(CC(=O)NCCc1ccccc1)CN2c1ccccc1. The van der Waals surface area contributed by atoms with Crippen molar-refractivity contribution in [1.82, 2.24) is 15.1 Å². The molecule has 2 aliphatic rings. The Morgan fingerprint density at radius 3 is 2.21 bits per heavy atom. The number of likely N-dealkylation sites (tertiary alicyclic amines) is 1. The number of amides is 3. The van der Waals surface area contributed by atoms with Gasteiger partial charge in [-0.3, -0.25) is 14.4 Å². The summed E-state index contributed by atoms with van der Waals surface area (Å²) in [5.41, 5.74) is 1.43. The number of carbonyl (C=O) groups excluding carboxylic acids is 3. The third-order valence-corrected chi connectivity index (χ3v) is 8.18. The van der Waals surface area contributed by atoms with E-state index in [2.05, 4.69) is 17.1 Å². The van der Waals surface area contributed by atoms with E-state index in [9.17, 15) is 14.4 Å². The minimum Gasteiger partial charge on any atom is -0.354 e. The summed E-state index contributed by atoms with van der Waals surface area (Å²) in [5.74, 6) is 0.0511. The average Bonchev–Trinajstić information content (AvgIpc) is 3.22. The largest absolute Gasteiger partial charge is 0.354 e. The number of hydrogen-bond donors (Lipinski definition) is 1. The zero-order valence-electron chi connectivity index (χ0n) is 23.4. The molecule has 2 aliphatic heterocycles. The molecule has 0 aromatic heterocycles. The highest BCUT2D eigenvalue weighted by Crippen LogP contribution is 2.39. The molecule has 4 rings (SSSR count). The van der Waals surface area contributed by atoms with Crippen LogP contribution in [0.5, 0.6) is 0 Å². The van der Waals surface area contributed by atoms with Gasteiger partial charge in [-0.15, -0.1) is 0 Å². The first-order valence-electron chi connectivity index (χ1n) is 14.7. The lowest BCUT2D eigenvalue weighted by Gasteiger charge is -2.43. The zero-order chi connectivity index (χ0) is 27.5. The van der Waals surface area contributed by atoms with Gasteiger partial charge < -0.3 is 20.0 Å². The maximum atomic E-state index is 13.9. The second-order valence-corrected chi connectivity index (χ2v) is 10.9. The molecule has 210 valence electrons. The molecule has 2 aromatic rings. The fraction of sp³-hybridized carbons (Fsp3) is 0.531. The second kappa shape index (κ2) is 14.2. The van der Waals surface area contributed by atoms with E-state index in [-0.39, 0.29) is 24.3 Å². The van der Waals surface area contributed by atoms with Crippen LogP contribution in [0.4, 0.5) is 5.69 Å². The van der Waals surface area contributed by atoms with Gasteiger partial charge in [-0.05, 0) is 43.4 Å². The Hall–Kier alpha value is -3.35. The van der Waals surface area contributed by atoms with Gasteiger partial charge in [-0.25, -0.2) is 0 Å². The predicted octanol–water partition coefficient (Wildman–Crippen LogP) is 4.76. The summed E-state index contributed by atoms with van der Waals surface area (Å²) in [6, 6.07) is 20.0. The van der Waals surface area contributed by atoms with E-state index in [1.54, 1.807) is 4.90 Å². The molecule has 0 unspecified atom stereocenters. The molecule has 2 saturated heterocycles. The fourth-order valence-electron chi connectivity index (χ4n) is 5.88. The molecule has 0 bridgehead atoms. The van der Waals surface area contributed by atoms with Crippen LogP contribution in [0.15, 0.2) is 60.7 Å². The molecule has 0 radical (unpaired) electrons. The minimum absolute atomic E-state index is 0.00687. The lowest BCUT2D eigenvalue weighted by atomic mass is 9.85. The van der Waals surface area contributed by atoms with Crippen LogP contribution < -0.4 is 10.2 Å². The molecule has 39 heavy (non-hydrogen) atoms. The summed E-state index contributed by atoms with van der Waals surface area (Å²) in [6.45, 7) is 4.30. The number of benzene rings is 2. The van der Waals surface area contributed by atoms with E-state index in [0.717, 1.165) is 24.9 Å². The molecule has 7 nitrogen and oxygen atoms in total. The van der Waals surface area contributed by atoms with Gasteiger partial charge >= 0.3 is 0 Å². The summed E-state index contributed by atoms with van der Waals surface area (Å²) in [5, 5.41) is 2.98. The molecule has 2 aromatic carbocycles. The predicted molar refractivity (Wildman–Crippen MR) is 155 cm³/mol. The molecular weight excluding hydrogens is 488 g/mol. The summed E-state index contributed by atoms with van der Waals surface area (Å²) in [4.78, 5) is 45.3. The smallest absolute Gasteiger partial charge is 0.250 e. The number of anilines is 1. The number of piperidine rings is 1. The number of nitrogens with one attached hydrogen (secondary N) is 1. The van der Waals surface area contributed by atoms with E-state index in [1.165, 1.54) is 31.2 Å². The number of hydrogen-bond acceptors (Lipinski definition) is 4. The first kappa shape index (κ1) is 28.7. The number of unbranched alkanes of at least 4 members (excludes halogenated alkanes) is 5. The Kier molecular flexibility index (Phi) is 10.4. The van der Waals surface area contributed by atoms with Crippen LogP contribution in [-0.4, -0.2) is 65.9 Å². The van der Waals surface area contributed by atoms with Crippen LogP contribution in [0, 0.1) is 0 Å². The summed E-state index contributed by atoms with van der Waals surface area (Å²) in [7, 11) is 0. The van der Waals surface area contributed by atoms with E-state index in [4.69, 9.17) is 0 Å². The van der Waals surface area contributed by atoms with Crippen LogP contribution in [0.2, 0.25) is 0 Å². The molecule has 2 fully saturated rings. The van der Waals surface area contributed by atoms with Gasteiger partial charge in [0.1, 0.15) is 12.1 Å². The van der Waals surface area contributed by atoms with Crippen LogP contribution >= 0.6 is 0 Å². The van der Waals surface area contributed by atoms with Crippen LogP contribution in [0.3, 0.4) is 0 Å². The quantitative estimate of drug-likeness (QED) is 0.378. The van der Waals surface area contributed by atoms with Crippen molar-refractivity contribution >= 4 is 23.4 Å². The van der Waals surface area contributed by atoms with E-state index < -0.39 is 5.54 Å². The van der Waals surface area contributed by atoms with Gasteiger partial charge in [-0.2, -0.15) is 0 Å². The number of nitrogens with zero attached hydrogens (tertiary/aromatic N) is 3. The van der Waals surface area contributed by atoms with E-state index in [0.29, 0.717) is 45.6 Å². The molecular formula is C32H44N4O3. The molecule has 0 atom stereocenters. The topological polar surface area (TPSA) is 73.0 Å². The van der Waals surface area contributed by atoms with Crippen molar-refractivity contribution in [3.8, 4) is 0 Å². The van der Waals surface area contributed by atoms with Gasteiger partial charge in [0.25, 0.3) is 5.91 Å². The molecule has 0 aliphatic carbocycles. The summed E-state index contributed by atoms with van der Waals surface area (Å²) >= 11 is 0. The average molecular weight is 533 g/mol. The Morgan fingerprint density at radius 1 is 0.872 bits per heavy atom. The Labute approximate surface area is 233 Å². The van der Waals surface area contributed by atoms with Crippen molar-refractivity contribution in [3.05, 3.63) is 66.2 Å². The van der Waals surface area contributed by atoms with Crippen molar-refractivity contribution < 1.29 is 14.4 Å².